The third kappa shape index (κ3) is 5.80. The highest BCUT2D eigenvalue weighted by molar-refractivity contribution is 5.75. The first-order valence-electron chi connectivity index (χ1n) is 13.7. The summed E-state index contributed by atoms with van der Waals surface area (Å²) in [4.78, 5) is 18.3. The fraction of sp³-hybridized carbons (Fsp3) is 0.323. The average Bonchev–Trinajstić information content (AvgIpc) is 3.62. The largest absolute Gasteiger partial charge is 0.465 e. The van der Waals surface area contributed by atoms with Crippen molar-refractivity contribution in [2.45, 2.75) is 37.8 Å². The first-order chi connectivity index (χ1) is 20.4. The monoisotopic (exact) mass is 594 g/mol. The molecule has 224 valence electrons. The lowest BCUT2D eigenvalue weighted by Gasteiger charge is -2.45. The van der Waals surface area contributed by atoms with Crippen molar-refractivity contribution in [3.63, 3.8) is 0 Å². The minimum atomic E-state index is -4.47. The molecule has 3 heterocycles. The van der Waals surface area contributed by atoms with E-state index in [-0.39, 0.29) is 24.7 Å². The molecule has 0 atom stereocenters. The van der Waals surface area contributed by atoms with E-state index in [4.69, 9.17) is 14.0 Å². The summed E-state index contributed by atoms with van der Waals surface area (Å²) in [5.41, 5.74) is 2.13. The summed E-state index contributed by atoms with van der Waals surface area (Å²) in [6.07, 6.45) is -4.94. The predicted octanol–water partition coefficient (Wildman–Crippen LogP) is 6.24. The van der Waals surface area contributed by atoms with Crippen molar-refractivity contribution < 1.29 is 37.1 Å². The molecule has 0 spiro atoms. The van der Waals surface area contributed by atoms with Crippen LogP contribution in [0.5, 0.6) is 0 Å². The zero-order valence-corrected chi connectivity index (χ0v) is 23.4. The molecule has 3 aromatic carbocycles. The number of ether oxygens (including phenoxy) is 2. The molecule has 6 rings (SSSR count). The van der Waals surface area contributed by atoms with Crippen LogP contribution in [0, 0.1) is 0 Å². The van der Waals surface area contributed by atoms with Gasteiger partial charge in [0.25, 0.3) is 5.89 Å². The number of carbonyl (C=O) groups is 1. The van der Waals surface area contributed by atoms with E-state index in [2.05, 4.69) is 20.4 Å². The minimum absolute atomic E-state index is 0.0903. The number of amides is 1. The zero-order valence-electron chi connectivity index (χ0n) is 23.4. The molecular formula is C31H29F3N4O5. The fourth-order valence-electron chi connectivity index (χ4n) is 5.60. The molecule has 0 bridgehead atoms. The number of carboxylic acid groups (broad SMARTS) is 1. The van der Waals surface area contributed by atoms with Crippen LogP contribution in [0.3, 0.4) is 0 Å². The van der Waals surface area contributed by atoms with E-state index in [9.17, 15) is 23.1 Å². The van der Waals surface area contributed by atoms with Gasteiger partial charge in [-0.3, -0.25) is 0 Å². The molecule has 1 aromatic heterocycles. The van der Waals surface area contributed by atoms with Gasteiger partial charge in [-0.2, -0.15) is 18.2 Å². The zero-order chi connectivity index (χ0) is 30.4. The van der Waals surface area contributed by atoms with Crippen LogP contribution in [0.2, 0.25) is 0 Å². The molecule has 43 heavy (non-hydrogen) atoms. The lowest BCUT2D eigenvalue weighted by Crippen LogP contribution is -2.65. The molecule has 12 heteroatoms. The van der Waals surface area contributed by atoms with Gasteiger partial charge in [-0.05, 0) is 61.2 Å². The highest BCUT2D eigenvalue weighted by Crippen LogP contribution is 2.39. The molecule has 2 N–H and O–H groups in total. The van der Waals surface area contributed by atoms with Crippen molar-refractivity contribution in [2.24, 2.45) is 0 Å². The summed E-state index contributed by atoms with van der Waals surface area (Å²) in [6.45, 7) is 4.88. The average molecular weight is 595 g/mol. The number of rotatable bonds is 6. The smallest absolute Gasteiger partial charge is 0.417 e. The lowest BCUT2D eigenvalue weighted by atomic mass is 9.98. The number of hydrogen-bond acceptors (Lipinski definition) is 7. The number of anilines is 1. The van der Waals surface area contributed by atoms with Gasteiger partial charge in [0.05, 0.1) is 18.8 Å². The Kier molecular flexibility index (Phi) is 7.13. The molecule has 0 radical (unpaired) electrons. The van der Waals surface area contributed by atoms with Crippen molar-refractivity contribution in [2.75, 3.05) is 31.2 Å². The second kappa shape index (κ2) is 10.7. The second-order valence-electron chi connectivity index (χ2n) is 11.2. The highest BCUT2D eigenvalue weighted by Gasteiger charge is 2.44. The third-order valence-corrected chi connectivity index (χ3v) is 7.72. The maximum Gasteiger partial charge on any atom is 0.417 e. The molecule has 0 aliphatic carbocycles. The number of nitrogens with zero attached hydrogens (tertiary/aromatic N) is 3. The van der Waals surface area contributed by atoms with Gasteiger partial charge in [0.1, 0.15) is 5.54 Å². The quantitative estimate of drug-likeness (QED) is 0.270. The maximum absolute atomic E-state index is 13.5. The van der Waals surface area contributed by atoms with Crippen molar-refractivity contribution in [3.8, 4) is 34.0 Å². The summed E-state index contributed by atoms with van der Waals surface area (Å²) in [5.74, 6) is -0.184. The third-order valence-electron chi connectivity index (χ3n) is 7.72. The Morgan fingerprint density at radius 3 is 2.35 bits per heavy atom. The van der Waals surface area contributed by atoms with Crippen LogP contribution in [0.4, 0.5) is 23.7 Å². The molecule has 2 aliphatic rings. The molecule has 1 saturated heterocycles. The van der Waals surface area contributed by atoms with E-state index in [1.165, 1.54) is 12.1 Å². The van der Waals surface area contributed by atoms with Gasteiger partial charge >= 0.3 is 12.3 Å². The van der Waals surface area contributed by atoms with Crippen molar-refractivity contribution >= 4 is 11.8 Å². The first kappa shape index (κ1) is 28.7. The number of aromatic nitrogens is 2. The van der Waals surface area contributed by atoms with Crippen molar-refractivity contribution in [3.05, 3.63) is 77.9 Å². The van der Waals surface area contributed by atoms with Crippen LogP contribution in [0.15, 0.2) is 71.3 Å². The molecule has 0 unspecified atom stereocenters. The normalized spacial score (nSPS) is 17.5. The van der Waals surface area contributed by atoms with Crippen molar-refractivity contribution in [1.82, 2.24) is 15.5 Å². The Hall–Kier alpha value is -4.42. The van der Waals surface area contributed by atoms with Crippen LogP contribution in [-0.2, 0) is 22.1 Å². The van der Waals surface area contributed by atoms with E-state index in [0.717, 1.165) is 22.9 Å². The Bertz CT molecular complexity index is 1640. The number of halogens is 3. The SMILES string of the molecule is CC1(C)OCC(CN2CCc3c(-c4noc(-c5ccc(-c6ccccc6C(F)(F)F)cc5)n4)cccc32)(NC(=O)O)CO1. The molecule has 0 saturated carbocycles. The van der Waals surface area contributed by atoms with Crippen LogP contribution >= 0.6 is 0 Å². The Labute approximate surface area is 245 Å². The molecule has 4 aromatic rings. The molecule has 1 amide bonds. The topological polar surface area (TPSA) is 110 Å². The van der Waals surface area contributed by atoms with Gasteiger partial charge in [-0.15, -0.1) is 0 Å². The first-order valence-corrected chi connectivity index (χ1v) is 13.7. The van der Waals surface area contributed by atoms with Gasteiger partial charge in [0.15, 0.2) is 5.79 Å². The van der Waals surface area contributed by atoms with E-state index in [1.807, 2.05) is 18.2 Å². The van der Waals surface area contributed by atoms with Gasteiger partial charge in [0, 0.05) is 29.9 Å². The molecular weight excluding hydrogens is 565 g/mol. The van der Waals surface area contributed by atoms with E-state index in [0.29, 0.717) is 36.5 Å². The summed E-state index contributed by atoms with van der Waals surface area (Å²) < 4.78 is 57.7. The summed E-state index contributed by atoms with van der Waals surface area (Å²) in [7, 11) is 0. The number of hydrogen-bond donors (Lipinski definition) is 2. The Morgan fingerprint density at radius 2 is 1.65 bits per heavy atom. The van der Waals surface area contributed by atoms with Crippen molar-refractivity contribution in [1.29, 1.82) is 0 Å². The molecule has 9 nitrogen and oxygen atoms in total. The highest BCUT2D eigenvalue weighted by atomic mass is 19.4. The van der Waals surface area contributed by atoms with Gasteiger partial charge < -0.3 is 29.3 Å². The van der Waals surface area contributed by atoms with E-state index < -0.39 is 29.2 Å². The Balaban J connectivity index is 1.23. The Morgan fingerprint density at radius 1 is 0.977 bits per heavy atom. The molecule has 1 fully saturated rings. The van der Waals surface area contributed by atoms with E-state index in [1.54, 1.807) is 44.2 Å². The standard InChI is InChI=1S/C31H29F3N4O5/c1-29(2)41-17-30(18-42-29,36-28(39)40)16-38-15-14-22-23(7-5-9-25(22)38)26-35-27(43-37-26)20-12-10-19(11-13-20)21-6-3-4-8-24(21)31(32,33)34/h3-13,36H,14-18H2,1-2H3,(H,39,40). The number of fused-ring (bicyclic) bond motifs is 1. The minimum Gasteiger partial charge on any atom is -0.465 e. The van der Waals surface area contributed by atoms with Crippen LogP contribution in [-0.4, -0.2) is 59.0 Å². The van der Waals surface area contributed by atoms with Crippen LogP contribution < -0.4 is 10.2 Å². The van der Waals surface area contributed by atoms with Gasteiger partial charge in [0.2, 0.25) is 5.82 Å². The van der Waals surface area contributed by atoms with Crippen LogP contribution in [0.1, 0.15) is 25.0 Å². The van der Waals surface area contributed by atoms with Gasteiger partial charge in [-0.1, -0.05) is 47.6 Å². The maximum atomic E-state index is 13.5. The summed E-state index contributed by atoms with van der Waals surface area (Å²) in [6, 6.07) is 17.7. The second-order valence-corrected chi connectivity index (χ2v) is 11.2. The van der Waals surface area contributed by atoms with Crippen LogP contribution in [0.25, 0.3) is 34.0 Å². The fourth-order valence-corrected chi connectivity index (χ4v) is 5.60. The number of alkyl halides is 3. The number of benzene rings is 3. The molecule has 2 aliphatic heterocycles. The lowest BCUT2D eigenvalue weighted by molar-refractivity contribution is -0.268. The summed E-state index contributed by atoms with van der Waals surface area (Å²) in [5, 5.41) is 16.3. The number of nitrogens with one attached hydrogen (secondary N) is 1. The van der Waals surface area contributed by atoms with Gasteiger partial charge in [-0.25, -0.2) is 4.79 Å². The predicted molar refractivity (Wildman–Crippen MR) is 151 cm³/mol. The van der Waals surface area contributed by atoms with E-state index >= 15 is 0 Å². The summed E-state index contributed by atoms with van der Waals surface area (Å²) >= 11 is 0.